The topological polar surface area (TPSA) is 110 Å². The number of benzene rings is 4. The SMILES string of the molecule is O=C(Nc1cccc([N+](=O)[O-])c1)[C@@H](Cc1ccccc1)N1C(=O)[C@@H]2C3c4ccccc4C(c4ccccc43)[C@@H]2C1=O. The first-order valence-electron chi connectivity index (χ1n) is 13.6. The van der Waals surface area contributed by atoms with Crippen molar-refractivity contribution in [1.82, 2.24) is 4.90 Å². The number of non-ortho nitro benzene ring substituents is 1. The van der Waals surface area contributed by atoms with E-state index in [1.807, 2.05) is 78.9 Å². The maximum absolute atomic E-state index is 14.3. The Morgan fingerprint density at radius 3 is 1.78 bits per heavy atom. The zero-order valence-electron chi connectivity index (χ0n) is 21.8. The molecule has 202 valence electrons. The Morgan fingerprint density at radius 1 is 0.756 bits per heavy atom. The minimum atomic E-state index is -1.13. The molecule has 8 rings (SSSR count). The van der Waals surface area contributed by atoms with Gasteiger partial charge in [-0.05, 0) is 33.9 Å². The predicted molar refractivity (Wildman–Crippen MR) is 151 cm³/mol. The minimum Gasteiger partial charge on any atom is -0.324 e. The van der Waals surface area contributed by atoms with Crippen LogP contribution in [-0.2, 0) is 20.8 Å². The van der Waals surface area contributed by atoms with Gasteiger partial charge in [0.1, 0.15) is 6.04 Å². The second-order valence-corrected chi connectivity index (χ2v) is 10.8. The summed E-state index contributed by atoms with van der Waals surface area (Å²) in [5, 5.41) is 14.0. The van der Waals surface area contributed by atoms with E-state index in [1.54, 1.807) is 6.07 Å². The molecule has 3 aliphatic carbocycles. The van der Waals surface area contributed by atoms with Crippen LogP contribution in [0.15, 0.2) is 103 Å². The molecular formula is C33H25N3O5. The minimum absolute atomic E-state index is 0.119. The van der Waals surface area contributed by atoms with E-state index in [2.05, 4.69) is 5.32 Å². The van der Waals surface area contributed by atoms with Gasteiger partial charge in [0.2, 0.25) is 17.7 Å². The first-order chi connectivity index (χ1) is 19.9. The molecule has 1 aliphatic heterocycles. The molecule has 1 fully saturated rings. The average molecular weight is 544 g/mol. The van der Waals surface area contributed by atoms with Crippen molar-refractivity contribution in [3.05, 3.63) is 141 Å². The normalized spacial score (nSPS) is 22.5. The Labute approximate surface area is 235 Å². The highest BCUT2D eigenvalue weighted by atomic mass is 16.6. The molecule has 0 unspecified atom stereocenters. The van der Waals surface area contributed by atoms with E-state index >= 15 is 0 Å². The van der Waals surface area contributed by atoms with Crippen LogP contribution in [0.3, 0.4) is 0 Å². The van der Waals surface area contributed by atoms with Crippen LogP contribution in [0.25, 0.3) is 0 Å². The number of nitrogens with one attached hydrogen (secondary N) is 1. The summed E-state index contributed by atoms with van der Waals surface area (Å²) < 4.78 is 0. The zero-order valence-corrected chi connectivity index (χ0v) is 21.8. The molecule has 0 spiro atoms. The molecule has 1 heterocycles. The fourth-order valence-electron chi connectivity index (χ4n) is 7.07. The monoisotopic (exact) mass is 543 g/mol. The third kappa shape index (κ3) is 3.86. The van der Waals surface area contributed by atoms with E-state index in [4.69, 9.17) is 0 Å². The molecule has 0 aromatic heterocycles. The summed E-state index contributed by atoms with van der Waals surface area (Å²) in [6.07, 6.45) is 0.119. The highest BCUT2D eigenvalue weighted by molar-refractivity contribution is 6.11. The van der Waals surface area contributed by atoms with Crippen molar-refractivity contribution >= 4 is 29.1 Å². The number of nitro benzene ring substituents is 1. The van der Waals surface area contributed by atoms with Gasteiger partial charge in [0.05, 0.1) is 16.8 Å². The van der Waals surface area contributed by atoms with Gasteiger partial charge in [0.25, 0.3) is 5.69 Å². The lowest BCUT2D eigenvalue weighted by molar-refractivity contribution is -0.384. The molecule has 4 aromatic carbocycles. The summed E-state index contributed by atoms with van der Waals surface area (Å²) in [6.45, 7) is 0. The van der Waals surface area contributed by atoms with Crippen LogP contribution in [-0.4, -0.2) is 33.6 Å². The van der Waals surface area contributed by atoms with Crippen LogP contribution in [0.2, 0.25) is 0 Å². The third-order valence-electron chi connectivity index (χ3n) is 8.69. The smallest absolute Gasteiger partial charge is 0.271 e. The largest absolute Gasteiger partial charge is 0.324 e. The fourth-order valence-corrected chi connectivity index (χ4v) is 7.07. The molecule has 8 heteroatoms. The Morgan fingerprint density at radius 2 is 1.27 bits per heavy atom. The van der Waals surface area contributed by atoms with Crippen molar-refractivity contribution in [2.45, 2.75) is 24.3 Å². The number of carbonyl (C=O) groups excluding carboxylic acids is 3. The van der Waals surface area contributed by atoms with Crippen LogP contribution in [0, 0.1) is 22.0 Å². The first kappa shape index (κ1) is 24.9. The number of hydrogen-bond acceptors (Lipinski definition) is 5. The number of rotatable bonds is 6. The number of nitro groups is 1. The van der Waals surface area contributed by atoms with Gasteiger partial charge >= 0.3 is 0 Å². The number of amides is 3. The summed E-state index contributed by atoms with van der Waals surface area (Å²) in [5.41, 5.74) is 5.06. The van der Waals surface area contributed by atoms with Gasteiger partial charge in [-0.15, -0.1) is 0 Å². The molecule has 3 atom stereocenters. The molecule has 4 aliphatic rings. The van der Waals surface area contributed by atoms with E-state index in [9.17, 15) is 24.5 Å². The lowest BCUT2D eigenvalue weighted by Gasteiger charge is -2.45. The fraction of sp³-hybridized carbons (Fsp3) is 0.182. The van der Waals surface area contributed by atoms with E-state index in [-0.39, 0.29) is 41.4 Å². The molecule has 0 saturated carbocycles. The number of nitrogens with zero attached hydrogens (tertiary/aromatic N) is 2. The number of likely N-dealkylation sites (tertiary alicyclic amines) is 1. The molecule has 2 bridgehead atoms. The Kier molecular flexibility index (Phi) is 5.78. The second-order valence-electron chi connectivity index (χ2n) is 10.8. The highest BCUT2D eigenvalue weighted by Gasteiger charge is 2.63. The average Bonchev–Trinajstić information content (AvgIpc) is 3.26. The van der Waals surface area contributed by atoms with Crippen molar-refractivity contribution in [1.29, 1.82) is 0 Å². The van der Waals surface area contributed by atoms with Crippen molar-refractivity contribution in [2.24, 2.45) is 11.8 Å². The van der Waals surface area contributed by atoms with Crippen LogP contribution >= 0.6 is 0 Å². The second kappa shape index (κ2) is 9.52. The Hall–Kier alpha value is -5.11. The highest BCUT2D eigenvalue weighted by Crippen LogP contribution is 2.61. The summed E-state index contributed by atoms with van der Waals surface area (Å²) in [6, 6.07) is 29.7. The van der Waals surface area contributed by atoms with Gasteiger partial charge in [-0.25, -0.2) is 0 Å². The third-order valence-corrected chi connectivity index (χ3v) is 8.69. The predicted octanol–water partition coefficient (Wildman–Crippen LogP) is 5.04. The van der Waals surface area contributed by atoms with Crippen LogP contribution < -0.4 is 5.32 Å². The van der Waals surface area contributed by atoms with Crippen molar-refractivity contribution in [2.75, 3.05) is 5.32 Å². The van der Waals surface area contributed by atoms with Crippen molar-refractivity contribution in [3.63, 3.8) is 0 Å². The van der Waals surface area contributed by atoms with Crippen molar-refractivity contribution in [3.8, 4) is 0 Å². The number of imide groups is 1. The molecule has 1 saturated heterocycles. The lowest BCUT2D eigenvalue weighted by atomic mass is 9.55. The molecule has 1 N–H and O–H groups in total. The number of anilines is 1. The Bertz CT molecular complexity index is 1620. The Balaban J connectivity index is 1.30. The van der Waals surface area contributed by atoms with Gasteiger partial charge in [-0.3, -0.25) is 29.4 Å². The molecule has 3 amide bonds. The first-order valence-corrected chi connectivity index (χ1v) is 13.6. The molecular weight excluding hydrogens is 518 g/mol. The van der Waals surface area contributed by atoms with Gasteiger partial charge < -0.3 is 5.32 Å². The van der Waals surface area contributed by atoms with Crippen LogP contribution in [0.4, 0.5) is 11.4 Å². The maximum Gasteiger partial charge on any atom is 0.271 e. The lowest BCUT2D eigenvalue weighted by Crippen LogP contribution is -2.49. The molecule has 0 radical (unpaired) electrons. The van der Waals surface area contributed by atoms with Crippen LogP contribution in [0.1, 0.15) is 39.7 Å². The van der Waals surface area contributed by atoms with E-state index in [0.717, 1.165) is 27.8 Å². The van der Waals surface area contributed by atoms with Gasteiger partial charge in [-0.1, -0.05) is 84.9 Å². The molecule has 8 nitrogen and oxygen atoms in total. The number of carbonyl (C=O) groups is 3. The summed E-state index contributed by atoms with van der Waals surface area (Å²) in [7, 11) is 0. The quantitative estimate of drug-likeness (QED) is 0.208. The summed E-state index contributed by atoms with van der Waals surface area (Å²) >= 11 is 0. The van der Waals surface area contributed by atoms with Crippen molar-refractivity contribution < 1.29 is 19.3 Å². The maximum atomic E-state index is 14.3. The summed E-state index contributed by atoms with van der Waals surface area (Å²) in [4.78, 5) is 54.5. The van der Waals surface area contributed by atoms with E-state index in [1.165, 1.54) is 23.1 Å². The van der Waals surface area contributed by atoms with Gasteiger partial charge in [-0.2, -0.15) is 0 Å². The van der Waals surface area contributed by atoms with E-state index < -0.39 is 28.7 Å². The standard InChI is InChI=1S/C33H25N3O5/c37-31(34-20-11-8-12-21(18-20)36(40)41)26(17-19-9-2-1-3-10-19)35-32(38)29-27-22-13-4-5-14-23(22)28(30(29)33(35)39)25-16-7-6-15-24(25)27/h1-16,18,26-30H,17H2,(H,34,37)/t26-,27?,28?,29-,30+/m1/s1. The number of hydrogen-bond donors (Lipinski definition) is 1. The summed E-state index contributed by atoms with van der Waals surface area (Å²) in [5.74, 6) is -3.06. The zero-order chi connectivity index (χ0) is 28.2. The van der Waals surface area contributed by atoms with E-state index in [0.29, 0.717) is 0 Å². The molecule has 41 heavy (non-hydrogen) atoms. The van der Waals surface area contributed by atoms with Gasteiger partial charge in [0.15, 0.2) is 0 Å². The van der Waals surface area contributed by atoms with Gasteiger partial charge in [0, 0.05) is 36.1 Å². The van der Waals surface area contributed by atoms with Crippen LogP contribution in [0.5, 0.6) is 0 Å². The molecule has 4 aromatic rings.